The number of carbonyl (C=O) groups excluding carboxylic acids is 1. The Morgan fingerprint density at radius 1 is 1.47 bits per heavy atom. The molecule has 0 unspecified atom stereocenters. The van der Waals surface area contributed by atoms with Crippen LogP contribution in [-0.4, -0.2) is 10.4 Å². The molecule has 0 aliphatic carbocycles. The summed E-state index contributed by atoms with van der Waals surface area (Å²) in [5, 5.41) is 1.25. The Bertz CT molecular complexity index is 612. The molecule has 17 heavy (non-hydrogen) atoms. The molecular weight excluding hydrogens is 278 g/mol. The summed E-state index contributed by atoms with van der Waals surface area (Å²) < 4.78 is 3.46. The van der Waals surface area contributed by atoms with Gasteiger partial charge in [-0.05, 0) is 52.9 Å². The highest BCUT2D eigenvalue weighted by Crippen LogP contribution is 2.33. The van der Waals surface area contributed by atoms with Gasteiger partial charge in [-0.1, -0.05) is 6.07 Å². The first-order valence-electron chi connectivity index (χ1n) is 5.95. The van der Waals surface area contributed by atoms with E-state index in [4.69, 9.17) is 0 Å². The highest BCUT2D eigenvalue weighted by atomic mass is 79.9. The molecule has 0 radical (unpaired) electrons. The molecule has 3 rings (SSSR count). The molecule has 1 aromatic heterocycles. The molecule has 0 atom stereocenters. The van der Waals surface area contributed by atoms with Gasteiger partial charge in [-0.15, -0.1) is 0 Å². The van der Waals surface area contributed by atoms with E-state index in [9.17, 15) is 4.79 Å². The number of rotatable bonds is 2. The maximum absolute atomic E-state index is 11.2. The molecule has 2 aromatic rings. The zero-order chi connectivity index (χ0) is 12.0. The van der Waals surface area contributed by atoms with Gasteiger partial charge < -0.3 is 4.57 Å². The Morgan fingerprint density at radius 2 is 2.29 bits per heavy atom. The minimum absolute atomic E-state index is 0.225. The Kier molecular flexibility index (Phi) is 2.58. The molecule has 3 heteroatoms. The molecule has 0 N–H and O–H groups in total. The smallest absolute Gasteiger partial charge is 0.134 e. The number of ketones is 1. The maximum Gasteiger partial charge on any atom is 0.134 e. The maximum atomic E-state index is 11.2. The minimum Gasteiger partial charge on any atom is -0.346 e. The molecule has 1 aliphatic heterocycles. The Balaban J connectivity index is 2.24. The summed E-state index contributed by atoms with van der Waals surface area (Å²) in [7, 11) is 0. The molecule has 0 spiro atoms. The average molecular weight is 292 g/mol. The van der Waals surface area contributed by atoms with Crippen LogP contribution in [0.3, 0.4) is 0 Å². The summed E-state index contributed by atoms with van der Waals surface area (Å²) in [5.74, 6) is 0.225. The summed E-state index contributed by atoms with van der Waals surface area (Å²) in [5.41, 5.74) is 3.87. The highest BCUT2D eigenvalue weighted by Gasteiger charge is 2.16. The van der Waals surface area contributed by atoms with Gasteiger partial charge in [-0.3, -0.25) is 4.79 Å². The molecule has 0 fully saturated rings. The topological polar surface area (TPSA) is 22.0 Å². The van der Waals surface area contributed by atoms with Crippen molar-refractivity contribution >= 4 is 32.6 Å². The zero-order valence-electron chi connectivity index (χ0n) is 9.79. The van der Waals surface area contributed by atoms with Crippen LogP contribution in [-0.2, 0) is 24.2 Å². The van der Waals surface area contributed by atoms with E-state index in [1.54, 1.807) is 6.92 Å². The second kappa shape index (κ2) is 3.98. The average Bonchev–Trinajstić information content (AvgIpc) is 2.57. The van der Waals surface area contributed by atoms with Crippen LogP contribution in [0.2, 0.25) is 0 Å². The van der Waals surface area contributed by atoms with E-state index in [1.807, 2.05) is 0 Å². The first kappa shape index (κ1) is 11.0. The van der Waals surface area contributed by atoms with Gasteiger partial charge in [0.05, 0.1) is 5.52 Å². The number of aryl methyl sites for hydroxylation is 2. The largest absolute Gasteiger partial charge is 0.346 e. The predicted molar refractivity (Wildman–Crippen MR) is 72.3 cm³/mol. The van der Waals surface area contributed by atoms with Crippen LogP contribution in [0.15, 0.2) is 22.8 Å². The first-order valence-corrected chi connectivity index (χ1v) is 6.74. The lowest BCUT2D eigenvalue weighted by Gasteiger charge is -2.16. The van der Waals surface area contributed by atoms with E-state index in [2.05, 4.69) is 38.8 Å². The summed E-state index contributed by atoms with van der Waals surface area (Å²) in [6.07, 6.45) is 5.01. The van der Waals surface area contributed by atoms with Gasteiger partial charge in [0.25, 0.3) is 0 Å². The molecule has 1 aromatic carbocycles. The van der Waals surface area contributed by atoms with Crippen LogP contribution in [0, 0.1) is 0 Å². The lowest BCUT2D eigenvalue weighted by Crippen LogP contribution is -2.07. The molecular formula is C14H14BrNO. The van der Waals surface area contributed by atoms with E-state index < -0.39 is 0 Å². The van der Waals surface area contributed by atoms with Crippen molar-refractivity contribution in [3.63, 3.8) is 0 Å². The summed E-state index contributed by atoms with van der Waals surface area (Å²) in [6.45, 7) is 2.75. The summed E-state index contributed by atoms with van der Waals surface area (Å²) in [6, 6.07) is 4.35. The van der Waals surface area contributed by atoms with Crippen molar-refractivity contribution in [1.82, 2.24) is 4.57 Å². The van der Waals surface area contributed by atoms with Gasteiger partial charge in [-0.25, -0.2) is 0 Å². The van der Waals surface area contributed by atoms with Gasteiger partial charge in [0.15, 0.2) is 0 Å². The standard InChI is InChI=1S/C14H14BrNO/c1-9(17)5-10-6-11-3-2-4-16-8-13(15)12(7-10)14(11)16/h6-8H,2-5H2,1H3. The van der Waals surface area contributed by atoms with E-state index in [-0.39, 0.29) is 5.78 Å². The van der Waals surface area contributed by atoms with Crippen LogP contribution in [0.4, 0.5) is 0 Å². The molecule has 0 saturated carbocycles. The molecule has 0 amide bonds. The number of benzene rings is 1. The number of aromatic nitrogens is 1. The minimum atomic E-state index is 0.225. The van der Waals surface area contributed by atoms with Crippen molar-refractivity contribution in [3.05, 3.63) is 33.9 Å². The SMILES string of the molecule is CC(=O)Cc1cc2c3c(c1)c(Br)cn3CCC2. The highest BCUT2D eigenvalue weighted by molar-refractivity contribution is 9.10. The van der Waals surface area contributed by atoms with Crippen LogP contribution in [0.5, 0.6) is 0 Å². The molecule has 0 saturated heterocycles. The monoisotopic (exact) mass is 291 g/mol. The van der Waals surface area contributed by atoms with Crippen LogP contribution >= 0.6 is 15.9 Å². The molecule has 88 valence electrons. The lowest BCUT2D eigenvalue weighted by molar-refractivity contribution is -0.116. The van der Waals surface area contributed by atoms with Crippen molar-refractivity contribution in [2.45, 2.75) is 32.7 Å². The van der Waals surface area contributed by atoms with Crippen LogP contribution in [0.1, 0.15) is 24.5 Å². The van der Waals surface area contributed by atoms with E-state index in [1.165, 1.54) is 22.9 Å². The van der Waals surface area contributed by atoms with Crippen molar-refractivity contribution in [2.75, 3.05) is 0 Å². The second-order valence-electron chi connectivity index (χ2n) is 4.80. The number of halogens is 1. The van der Waals surface area contributed by atoms with E-state index in [0.717, 1.165) is 23.0 Å². The number of carbonyl (C=O) groups is 1. The second-order valence-corrected chi connectivity index (χ2v) is 5.66. The van der Waals surface area contributed by atoms with Gasteiger partial charge in [0.2, 0.25) is 0 Å². The Morgan fingerprint density at radius 3 is 3.06 bits per heavy atom. The molecule has 2 heterocycles. The summed E-state index contributed by atoms with van der Waals surface area (Å²) >= 11 is 3.62. The third-order valence-corrected chi connectivity index (χ3v) is 3.99. The van der Waals surface area contributed by atoms with Gasteiger partial charge in [0.1, 0.15) is 5.78 Å². The molecule has 0 bridgehead atoms. The Hall–Kier alpha value is -1.09. The van der Waals surface area contributed by atoms with Crippen molar-refractivity contribution < 1.29 is 4.79 Å². The van der Waals surface area contributed by atoms with Crippen LogP contribution in [0.25, 0.3) is 10.9 Å². The summed E-state index contributed by atoms with van der Waals surface area (Å²) in [4.78, 5) is 11.2. The first-order chi connectivity index (χ1) is 8.15. The molecule has 2 nitrogen and oxygen atoms in total. The fraction of sp³-hybridized carbons (Fsp3) is 0.357. The van der Waals surface area contributed by atoms with Crippen molar-refractivity contribution in [3.8, 4) is 0 Å². The fourth-order valence-electron chi connectivity index (χ4n) is 2.75. The number of hydrogen-bond donors (Lipinski definition) is 0. The van der Waals surface area contributed by atoms with E-state index in [0.29, 0.717) is 6.42 Å². The number of Topliss-reactive ketones (excluding diaryl/α,β-unsaturated/α-hetero) is 1. The van der Waals surface area contributed by atoms with Crippen molar-refractivity contribution in [1.29, 1.82) is 0 Å². The Labute approximate surface area is 109 Å². The lowest BCUT2D eigenvalue weighted by atomic mass is 9.98. The number of hydrogen-bond acceptors (Lipinski definition) is 1. The van der Waals surface area contributed by atoms with E-state index >= 15 is 0 Å². The quantitative estimate of drug-likeness (QED) is 0.830. The number of nitrogens with zero attached hydrogens (tertiary/aromatic N) is 1. The third-order valence-electron chi connectivity index (χ3n) is 3.36. The van der Waals surface area contributed by atoms with Gasteiger partial charge in [-0.2, -0.15) is 0 Å². The zero-order valence-corrected chi connectivity index (χ0v) is 11.4. The predicted octanol–water partition coefficient (Wildman–Crippen LogP) is 3.48. The third kappa shape index (κ3) is 1.82. The van der Waals surface area contributed by atoms with Gasteiger partial charge >= 0.3 is 0 Å². The van der Waals surface area contributed by atoms with Crippen LogP contribution < -0.4 is 0 Å². The van der Waals surface area contributed by atoms with Gasteiger partial charge in [0, 0.05) is 29.0 Å². The normalized spacial score (nSPS) is 14.2. The fourth-order valence-corrected chi connectivity index (χ4v) is 3.30. The molecule has 1 aliphatic rings. The van der Waals surface area contributed by atoms with Crippen molar-refractivity contribution in [2.24, 2.45) is 0 Å².